The summed E-state index contributed by atoms with van der Waals surface area (Å²) in [5.41, 5.74) is 1.10. The van der Waals surface area contributed by atoms with Gasteiger partial charge >= 0.3 is 0 Å². The smallest absolute Gasteiger partial charge is 0.129 e. The van der Waals surface area contributed by atoms with Gasteiger partial charge < -0.3 is 5.32 Å². The van der Waals surface area contributed by atoms with Crippen LogP contribution in [0.4, 0.5) is 10.2 Å². The van der Waals surface area contributed by atoms with E-state index in [9.17, 15) is 4.39 Å². The summed E-state index contributed by atoms with van der Waals surface area (Å²) < 4.78 is 13.1. The molecule has 0 atom stereocenters. The second-order valence-corrected chi connectivity index (χ2v) is 3.84. The van der Waals surface area contributed by atoms with E-state index >= 15 is 0 Å². The third kappa shape index (κ3) is 5.43. The number of nitrogens with zero attached hydrogens (tertiary/aromatic N) is 1. The molecule has 0 aliphatic rings. The maximum absolute atomic E-state index is 13.1. The molecule has 18 heavy (non-hydrogen) atoms. The first-order valence-electron chi connectivity index (χ1n) is 6.08. The van der Waals surface area contributed by atoms with Crippen LogP contribution in [-0.4, -0.2) is 11.5 Å². The molecule has 0 saturated carbocycles. The number of hydrogen-bond donors (Lipinski definition) is 1. The van der Waals surface area contributed by atoms with Crippen LogP contribution in [0, 0.1) is 6.92 Å². The molecule has 3 heteroatoms. The first-order valence-corrected chi connectivity index (χ1v) is 6.08. The van der Waals surface area contributed by atoms with Gasteiger partial charge in [0.25, 0.3) is 0 Å². The third-order valence-corrected chi connectivity index (χ3v) is 2.30. The summed E-state index contributed by atoms with van der Waals surface area (Å²) in [5, 5.41) is 3.16. The number of halogens is 1. The Hall–Kier alpha value is -1.90. The van der Waals surface area contributed by atoms with Crippen molar-refractivity contribution in [1.29, 1.82) is 0 Å². The number of anilines is 1. The maximum atomic E-state index is 13.1. The topological polar surface area (TPSA) is 24.9 Å². The van der Waals surface area contributed by atoms with Crippen molar-refractivity contribution in [2.24, 2.45) is 0 Å². The fraction of sp³-hybridized carbons (Fsp3) is 0.267. The number of pyridine rings is 1. The molecular formula is C15H19FN2. The SMILES string of the molecule is CC\C=C/C(F)=C\C=C\CNc1ncccc1C. The van der Waals surface area contributed by atoms with Gasteiger partial charge in [-0.2, -0.15) is 0 Å². The zero-order valence-electron chi connectivity index (χ0n) is 10.9. The van der Waals surface area contributed by atoms with Crippen LogP contribution in [0.3, 0.4) is 0 Å². The molecule has 0 bridgehead atoms. The lowest BCUT2D eigenvalue weighted by atomic mass is 10.3. The largest absolute Gasteiger partial charge is 0.366 e. The summed E-state index contributed by atoms with van der Waals surface area (Å²) in [6.07, 6.45) is 10.8. The van der Waals surface area contributed by atoms with Crippen LogP contribution < -0.4 is 5.32 Å². The van der Waals surface area contributed by atoms with Crippen LogP contribution in [0.15, 0.2) is 54.5 Å². The van der Waals surface area contributed by atoms with Crippen LogP contribution in [0.5, 0.6) is 0 Å². The van der Waals surface area contributed by atoms with E-state index in [1.54, 1.807) is 18.3 Å². The second kappa shape index (κ2) is 8.23. The molecule has 1 rings (SSSR count). The summed E-state index contributed by atoms with van der Waals surface area (Å²) >= 11 is 0. The minimum atomic E-state index is -0.234. The van der Waals surface area contributed by atoms with Crippen molar-refractivity contribution in [3.63, 3.8) is 0 Å². The van der Waals surface area contributed by atoms with Gasteiger partial charge in [-0.25, -0.2) is 9.37 Å². The van der Waals surface area contributed by atoms with Gasteiger partial charge in [-0.1, -0.05) is 31.2 Å². The molecule has 0 aromatic carbocycles. The Balaban J connectivity index is 2.38. The first-order chi connectivity index (χ1) is 8.74. The first kappa shape index (κ1) is 14.2. The van der Waals surface area contributed by atoms with Crippen molar-refractivity contribution in [3.05, 3.63) is 60.1 Å². The minimum Gasteiger partial charge on any atom is -0.366 e. The molecule has 1 N–H and O–H groups in total. The fourth-order valence-corrected chi connectivity index (χ4v) is 1.34. The lowest BCUT2D eigenvalue weighted by Gasteiger charge is -2.04. The Morgan fingerprint density at radius 3 is 3.00 bits per heavy atom. The molecule has 0 saturated heterocycles. The highest BCUT2D eigenvalue weighted by Gasteiger charge is 1.94. The highest BCUT2D eigenvalue weighted by molar-refractivity contribution is 5.43. The Kier molecular flexibility index (Phi) is 6.47. The average Bonchev–Trinajstić information content (AvgIpc) is 2.38. The Morgan fingerprint density at radius 2 is 2.28 bits per heavy atom. The van der Waals surface area contributed by atoms with Crippen LogP contribution in [0.25, 0.3) is 0 Å². The number of hydrogen-bond acceptors (Lipinski definition) is 2. The zero-order chi connectivity index (χ0) is 13.2. The zero-order valence-corrected chi connectivity index (χ0v) is 10.9. The molecule has 0 amide bonds. The molecule has 2 nitrogen and oxygen atoms in total. The molecule has 1 aromatic heterocycles. The minimum absolute atomic E-state index is 0.234. The van der Waals surface area contributed by atoms with Gasteiger partial charge in [0.15, 0.2) is 0 Å². The summed E-state index contributed by atoms with van der Waals surface area (Å²) in [7, 11) is 0. The number of aromatic nitrogens is 1. The summed E-state index contributed by atoms with van der Waals surface area (Å²) in [5.74, 6) is 0.625. The van der Waals surface area contributed by atoms with Crippen molar-refractivity contribution >= 4 is 5.82 Å². The quantitative estimate of drug-likeness (QED) is 0.762. The van der Waals surface area contributed by atoms with Crippen molar-refractivity contribution in [2.75, 3.05) is 11.9 Å². The molecule has 0 radical (unpaired) electrons. The summed E-state index contributed by atoms with van der Waals surface area (Å²) in [4.78, 5) is 4.21. The number of aryl methyl sites for hydroxylation is 1. The van der Waals surface area contributed by atoms with Crippen LogP contribution >= 0.6 is 0 Å². The average molecular weight is 246 g/mol. The third-order valence-electron chi connectivity index (χ3n) is 2.30. The van der Waals surface area contributed by atoms with Crippen LogP contribution in [-0.2, 0) is 0 Å². The Morgan fingerprint density at radius 1 is 1.44 bits per heavy atom. The standard InChI is InChI=1S/C15H19FN2/c1-3-4-9-14(16)10-5-6-11-17-15-13(2)8-7-12-18-15/h4-10,12H,3,11H2,1-2H3,(H,17,18)/b6-5+,9-4-,14-10+. The van der Waals surface area contributed by atoms with Gasteiger partial charge in [0.2, 0.25) is 0 Å². The van der Waals surface area contributed by atoms with E-state index in [0.717, 1.165) is 17.8 Å². The van der Waals surface area contributed by atoms with Gasteiger partial charge in [-0.15, -0.1) is 0 Å². The van der Waals surface area contributed by atoms with Gasteiger partial charge in [-0.05, 0) is 37.1 Å². The molecule has 96 valence electrons. The van der Waals surface area contributed by atoms with E-state index < -0.39 is 0 Å². The molecule has 0 aliphatic heterocycles. The van der Waals surface area contributed by atoms with E-state index in [1.165, 1.54) is 12.2 Å². The lowest BCUT2D eigenvalue weighted by molar-refractivity contribution is 0.666. The lowest BCUT2D eigenvalue weighted by Crippen LogP contribution is -2.01. The molecule has 0 fully saturated rings. The van der Waals surface area contributed by atoms with Crippen molar-refractivity contribution in [2.45, 2.75) is 20.3 Å². The van der Waals surface area contributed by atoms with E-state index in [2.05, 4.69) is 10.3 Å². The summed E-state index contributed by atoms with van der Waals surface area (Å²) in [6, 6.07) is 3.89. The van der Waals surface area contributed by atoms with E-state index in [-0.39, 0.29) is 5.83 Å². The molecule has 0 spiro atoms. The van der Waals surface area contributed by atoms with Gasteiger partial charge in [0, 0.05) is 12.7 Å². The van der Waals surface area contributed by atoms with E-state index in [0.29, 0.717) is 6.54 Å². The molecular weight excluding hydrogens is 227 g/mol. The molecule has 1 heterocycles. The number of rotatable bonds is 6. The van der Waals surface area contributed by atoms with Crippen LogP contribution in [0.1, 0.15) is 18.9 Å². The normalized spacial score (nSPS) is 12.5. The van der Waals surface area contributed by atoms with Gasteiger partial charge in [-0.3, -0.25) is 0 Å². The monoisotopic (exact) mass is 246 g/mol. The molecule has 0 unspecified atom stereocenters. The van der Waals surface area contributed by atoms with Crippen LogP contribution in [0.2, 0.25) is 0 Å². The van der Waals surface area contributed by atoms with Crippen molar-refractivity contribution in [1.82, 2.24) is 4.98 Å². The number of nitrogens with one attached hydrogen (secondary N) is 1. The maximum Gasteiger partial charge on any atom is 0.129 e. The highest BCUT2D eigenvalue weighted by atomic mass is 19.1. The van der Waals surface area contributed by atoms with E-state index in [1.807, 2.05) is 32.1 Å². The molecule has 1 aromatic rings. The van der Waals surface area contributed by atoms with Gasteiger partial charge in [0.1, 0.15) is 11.6 Å². The van der Waals surface area contributed by atoms with E-state index in [4.69, 9.17) is 0 Å². The number of allylic oxidation sites excluding steroid dienone is 5. The predicted molar refractivity (Wildman–Crippen MR) is 75.2 cm³/mol. The predicted octanol–water partition coefficient (Wildman–Crippen LogP) is 4.18. The highest BCUT2D eigenvalue weighted by Crippen LogP contribution is 2.08. The second-order valence-electron chi connectivity index (χ2n) is 3.84. The Labute approximate surface area is 108 Å². The molecule has 0 aliphatic carbocycles. The Bertz CT molecular complexity index is 448. The fourth-order valence-electron chi connectivity index (χ4n) is 1.34. The van der Waals surface area contributed by atoms with Gasteiger partial charge in [0.05, 0.1) is 0 Å². The van der Waals surface area contributed by atoms with Crippen molar-refractivity contribution < 1.29 is 4.39 Å². The summed E-state index contributed by atoms with van der Waals surface area (Å²) in [6.45, 7) is 4.59. The van der Waals surface area contributed by atoms with Crippen molar-refractivity contribution in [3.8, 4) is 0 Å².